The van der Waals surface area contributed by atoms with Gasteiger partial charge in [0.05, 0.1) is 23.6 Å². The monoisotopic (exact) mass is 480 g/mol. The van der Waals surface area contributed by atoms with Crippen molar-refractivity contribution >= 4 is 35.3 Å². The number of carbonyl (C=O) groups excluding carboxylic acids is 1. The van der Waals surface area contributed by atoms with Crippen LogP contribution >= 0.6 is 23.4 Å². The molecule has 0 atom stereocenters. The first-order chi connectivity index (χ1) is 16.0. The lowest BCUT2D eigenvalue weighted by atomic mass is 10.2. The van der Waals surface area contributed by atoms with Crippen LogP contribution in [0.25, 0.3) is 5.69 Å². The first-order valence-electron chi connectivity index (χ1n) is 9.63. The molecule has 0 aliphatic carbocycles. The van der Waals surface area contributed by atoms with Crippen LogP contribution in [0.3, 0.4) is 0 Å². The number of aromatic nitrogens is 5. The third-order valence-corrected chi connectivity index (χ3v) is 6.02. The van der Waals surface area contributed by atoms with Crippen LogP contribution in [0.15, 0.2) is 64.6 Å². The van der Waals surface area contributed by atoms with Gasteiger partial charge in [-0.3, -0.25) is 4.79 Å². The largest absolute Gasteiger partial charge is 0.406 e. The van der Waals surface area contributed by atoms with E-state index in [2.05, 4.69) is 20.2 Å². The molecule has 0 aliphatic rings. The molecule has 0 unspecified atom stereocenters. The molecule has 3 heterocycles. The average Bonchev–Trinajstić information content (AvgIpc) is 3.50. The second-order valence-electron chi connectivity index (χ2n) is 6.82. The number of pyridine rings is 1. The Labute approximate surface area is 198 Å². The van der Waals surface area contributed by atoms with Gasteiger partial charge in [-0.25, -0.2) is 9.97 Å². The van der Waals surface area contributed by atoms with E-state index < -0.39 is 0 Å². The Hall–Kier alpha value is -3.88. The molecule has 2 N–H and O–H groups in total. The third kappa shape index (κ3) is 5.68. The summed E-state index contributed by atoms with van der Waals surface area (Å²) in [5.41, 5.74) is 7.44. The van der Waals surface area contributed by atoms with Crippen molar-refractivity contribution in [3.05, 3.63) is 77.4 Å². The standard InChI is InChI=1S/C21H17ClN8O2S/c22-17-4-3-16(29-6-5-25-13-29)7-18(17)33-12-20(31)30(11-19-27-28-21(24)32-19)10-14-1-2-15(8-23)26-9-14/h1-7,9,13H,10-12H2,(H2,24,28). The van der Waals surface area contributed by atoms with Crippen molar-refractivity contribution in [3.63, 3.8) is 0 Å². The third-order valence-electron chi connectivity index (χ3n) is 4.54. The number of amides is 1. The van der Waals surface area contributed by atoms with Crippen molar-refractivity contribution in [1.29, 1.82) is 5.26 Å². The van der Waals surface area contributed by atoms with Crippen molar-refractivity contribution in [1.82, 2.24) is 29.6 Å². The number of nitrogens with two attached hydrogens (primary N) is 1. The van der Waals surface area contributed by atoms with Gasteiger partial charge in [-0.2, -0.15) is 5.26 Å². The number of benzene rings is 1. The fourth-order valence-corrected chi connectivity index (χ4v) is 4.09. The Bertz CT molecular complexity index is 1280. The minimum atomic E-state index is -0.176. The van der Waals surface area contributed by atoms with Gasteiger partial charge in [-0.15, -0.1) is 16.9 Å². The molecular formula is C21H17ClN8O2S. The summed E-state index contributed by atoms with van der Waals surface area (Å²) in [5.74, 6) is 0.165. The van der Waals surface area contributed by atoms with E-state index >= 15 is 0 Å². The van der Waals surface area contributed by atoms with Crippen LogP contribution in [0.4, 0.5) is 6.01 Å². The second-order valence-corrected chi connectivity index (χ2v) is 8.25. The molecule has 0 spiro atoms. The fraction of sp³-hybridized carbons (Fsp3) is 0.143. The summed E-state index contributed by atoms with van der Waals surface area (Å²) in [6.45, 7) is 0.315. The number of carbonyl (C=O) groups is 1. The van der Waals surface area contributed by atoms with Gasteiger partial charge in [0.15, 0.2) is 0 Å². The SMILES string of the molecule is N#Cc1ccc(CN(Cc2nnc(N)o2)C(=O)CSc2cc(-n3ccnc3)ccc2Cl)cn1. The van der Waals surface area contributed by atoms with Gasteiger partial charge < -0.3 is 19.6 Å². The first-order valence-corrected chi connectivity index (χ1v) is 11.0. The smallest absolute Gasteiger partial charge is 0.312 e. The van der Waals surface area contributed by atoms with Crippen molar-refractivity contribution in [2.75, 3.05) is 11.5 Å². The highest BCUT2D eigenvalue weighted by atomic mass is 35.5. The Balaban J connectivity index is 1.49. The summed E-state index contributed by atoms with van der Waals surface area (Å²) in [4.78, 5) is 23.6. The quantitative estimate of drug-likeness (QED) is 0.376. The summed E-state index contributed by atoms with van der Waals surface area (Å²) in [5, 5.41) is 17.0. The first kappa shape index (κ1) is 22.3. The van der Waals surface area contributed by atoms with Crippen molar-refractivity contribution in [2.24, 2.45) is 0 Å². The molecule has 4 rings (SSSR count). The fourth-order valence-electron chi connectivity index (χ4n) is 2.94. The predicted octanol–water partition coefficient (Wildman–Crippen LogP) is 3.08. The van der Waals surface area contributed by atoms with Gasteiger partial charge >= 0.3 is 6.01 Å². The van der Waals surface area contributed by atoms with Crippen molar-refractivity contribution in [2.45, 2.75) is 18.0 Å². The summed E-state index contributed by atoms with van der Waals surface area (Å²) in [6, 6.07) is 10.8. The lowest BCUT2D eigenvalue weighted by molar-refractivity contribution is -0.129. The van der Waals surface area contributed by atoms with Crippen LogP contribution in [0.5, 0.6) is 0 Å². The summed E-state index contributed by atoms with van der Waals surface area (Å²) < 4.78 is 7.10. The molecule has 0 saturated heterocycles. The Morgan fingerprint density at radius 2 is 2.15 bits per heavy atom. The molecule has 166 valence electrons. The van der Waals surface area contributed by atoms with Gasteiger partial charge in [-0.05, 0) is 29.8 Å². The molecule has 0 saturated carbocycles. The number of anilines is 1. The molecule has 4 aromatic rings. The van der Waals surface area contributed by atoms with Crippen LogP contribution in [0, 0.1) is 11.3 Å². The van der Waals surface area contributed by atoms with E-state index in [1.54, 1.807) is 41.8 Å². The summed E-state index contributed by atoms with van der Waals surface area (Å²) in [6.07, 6.45) is 6.75. The molecule has 0 radical (unpaired) electrons. The van der Waals surface area contributed by atoms with Crippen LogP contribution < -0.4 is 5.73 Å². The van der Waals surface area contributed by atoms with E-state index in [4.69, 9.17) is 27.0 Å². The number of hydrogen-bond acceptors (Lipinski definition) is 9. The Kier molecular flexibility index (Phi) is 6.87. The van der Waals surface area contributed by atoms with Crippen LogP contribution in [-0.4, -0.2) is 41.3 Å². The maximum Gasteiger partial charge on any atom is 0.312 e. The summed E-state index contributed by atoms with van der Waals surface area (Å²) >= 11 is 7.68. The number of rotatable bonds is 8. The molecule has 1 amide bonds. The molecule has 10 nitrogen and oxygen atoms in total. The van der Waals surface area contributed by atoms with E-state index in [0.717, 1.165) is 16.1 Å². The maximum atomic E-state index is 13.1. The maximum absolute atomic E-state index is 13.1. The summed E-state index contributed by atoms with van der Waals surface area (Å²) in [7, 11) is 0. The highest BCUT2D eigenvalue weighted by Crippen LogP contribution is 2.30. The minimum absolute atomic E-state index is 0.0742. The molecular weight excluding hydrogens is 464 g/mol. The Morgan fingerprint density at radius 1 is 1.27 bits per heavy atom. The topological polar surface area (TPSA) is 140 Å². The molecule has 0 aliphatic heterocycles. The van der Waals surface area contributed by atoms with Crippen LogP contribution in [0.2, 0.25) is 5.02 Å². The van der Waals surface area contributed by atoms with E-state index in [9.17, 15) is 4.79 Å². The van der Waals surface area contributed by atoms with E-state index in [-0.39, 0.29) is 36.7 Å². The van der Waals surface area contributed by atoms with Gasteiger partial charge in [0, 0.05) is 35.7 Å². The van der Waals surface area contributed by atoms with Crippen molar-refractivity contribution in [3.8, 4) is 11.8 Å². The molecule has 0 fully saturated rings. The zero-order valence-electron chi connectivity index (χ0n) is 17.1. The van der Waals surface area contributed by atoms with Crippen molar-refractivity contribution < 1.29 is 9.21 Å². The minimum Gasteiger partial charge on any atom is -0.406 e. The van der Waals surface area contributed by atoms with E-state index in [0.29, 0.717) is 10.7 Å². The van der Waals surface area contributed by atoms with Gasteiger partial charge in [0.25, 0.3) is 0 Å². The lowest BCUT2D eigenvalue weighted by Crippen LogP contribution is -2.31. The molecule has 0 bridgehead atoms. The van der Waals surface area contributed by atoms with Gasteiger partial charge in [0.2, 0.25) is 11.8 Å². The zero-order chi connectivity index (χ0) is 23.2. The number of imidazole rings is 1. The molecule has 33 heavy (non-hydrogen) atoms. The molecule has 3 aromatic heterocycles. The highest BCUT2D eigenvalue weighted by Gasteiger charge is 2.19. The van der Waals surface area contributed by atoms with E-state index in [1.807, 2.05) is 29.0 Å². The Morgan fingerprint density at radius 3 is 2.82 bits per heavy atom. The normalized spacial score (nSPS) is 10.7. The average molecular weight is 481 g/mol. The number of nitrogen functional groups attached to an aromatic ring is 1. The van der Waals surface area contributed by atoms with Crippen LogP contribution in [-0.2, 0) is 17.9 Å². The van der Waals surface area contributed by atoms with Crippen LogP contribution in [0.1, 0.15) is 17.1 Å². The highest BCUT2D eigenvalue weighted by molar-refractivity contribution is 8.00. The van der Waals surface area contributed by atoms with Gasteiger partial charge in [0.1, 0.15) is 11.8 Å². The molecule has 12 heteroatoms. The van der Waals surface area contributed by atoms with Gasteiger partial charge in [-0.1, -0.05) is 22.8 Å². The molecule has 1 aromatic carbocycles. The number of thioether (sulfide) groups is 1. The predicted molar refractivity (Wildman–Crippen MR) is 121 cm³/mol. The van der Waals surface area contributed by atoms with E-state index in [1.165, 1.54) is 11.8 Å². The number of hydrogen-bond donors (Lipinski definition) is 1. The lowest BCUT2D eigenvalue weighted by Gasteiger charge is -2.21. The number of nitriles is 1. The zero-order valence-corrected chi connectivity index (χ0v) is 18.7. The number of halogens is 1. The number of nitrogens with zero attached hydrogens (tertiary/aromatic N) is 7. The second kappa shape index (κ2) is 10.2.